The molecular formula is C16H22N2O7S. The van der Waals surface area contributed by atoms with E-state index in [2.05, 4.69) is 14.8 Å². The Hall–Kier alpha value is -2.46. The smallest absolute Gasteiger partial charge is 0.339 e. The number of esters is 2. The second kappa shape index (κ2) is 9.30. The summed E-state index contributed by atoms with van der Waals surface area (Å²) in [6, 6.07) is 3.48. The van der Waals surface area contributed by atoms with Gasteiger partial charge in [0.2, 0.25) is 15.9 Å². The summed E-state index contributed by atoms with van der Waals surface area (Å²) in [5.41, 5.74) is -0.284. The van der Waals surface area contributed by atoms with E-state index in [4.69, 9.17) is 0 Å². The summed E-state index contributed by atoms with van der Waals surface area (Å²) in [7, 11) is -0.604. The summed E-state index contributed by atoms with van der Waals surface area (Å²) in [6.07, 6.45) is 0.445. The fourth-order valence-corrected chi connectivity index (χ4v) is 3.86. The minimum atomic E-state index is -4.25. The van der Waals surface area contributed by atoms with Gasteiger partial charge in [-0.15, -0.1) is 0 Å². The standard InChI is InChI=1S/C16H22N2O7S/c1-5-8-18(10-14(19)17-2)26(22,23)13-9-11(15(20)24-3)6-7-12(13)16(21)25-4/h6-7,9H,5,8,10H2,1-4H3,(H,17,19). The van der Waals surface area contributed by atoms with E-state index in [9.17, 15) is 22.8 Å². The lowest BCUT2D eigenvalue weighted by Gasteiger charge is -2.22. The zero-order chi connectivity index (χ0) is 19.9. The van der Waals surface area contributed by atoms with Crippen molar-refractivity contribution in [3.8, 4) is 0 Å². The molecule has 1 rings (SSSR count). The molecule has 0 aliphatic rings. The van der Waals surface area contributed by atoms with E-state index in [1.54, 1.807) is 6.92 Å². The van der Waals surface area contributed by atoms with Gasteiger partial charge in [-0.3, -0.25) is 4.79 Å². The van der Waals surface area contributed by atoms with Crippen LogP contribution in [0.2, 0.25) is 0 Å². The highest BCUT2D eigenvalue weighted by Gasteiger charge is 2.31. The molecule has 0 saturated carbocycles. The monoisotopic (exact) mass is 386 g/mol. The molecule has 0 atom stereocenters. The first-order valence-corrected chi connectivity index (χ1v) is 9.18. The van der Waals surface area contributed by atoms with Crippen molar-refractivity contribution < 1.29 is 32.3 Å². The first-order valence-electron chi connectivity index (χ1n) is 7.74. The number of ether oxygens (including phenoxy) is 2. The molecule has 1 N–H and O–H groups in total. The van der Waals surface area contributed by atoms with Gasteiger partial charge in [0, 0.05) is 13.6 Å². The van der Waals surface area contributed by atoms with Crippen LogP contribution < -0.4 is 5.32 Å². The minimum absolute atomic E-state index is 0.0462. The summed E-state index contributed by atoms with van der Waals surface area (Å²) in [4.78, 5) is 35.0. The Balaban J connectivity index is 3.57. The third-order valence-electron chi connectivity index (χ3n) is 3.50. The third kappa shape index (κ3) is 4.79. The molecule has 0 aromatic heterocycles. The number of hydrogen-bond acceptors (Lipinski definition) is 7. The predicted octanol–water partition coefficient (Wildman–Crippen LogP) is 0.406. The van der Waals surface area contributed by atoms with Gasteiger partial charge in [-0.2, -0.15) is 4.31 Å². The van der Waals surface area contributed by atoms with Crippen LogP contribution in [0.15, 0.2) is 23.1 Å². The minimum Gasteiger partial charge on any atom is -0.465 e. The quantitative estimate of drug-likeness (QED) is 0.643. The van der Waals surface area contributed by atoms with Crippen LogP contribution in [0.3, 0.4) is 0 Å². The maximum atomic E-state index is 13.1. The molecule has 10 heteroatoms. The lowest BCUT2D eigenvalue weighted by molar-refractivity contribution is -0.120. The molecule has 0 radical (unpaired) electrons. The van der Waals surface area contributed by atoms with Crippen LogP contribution in [0, 0.1) is 0 Å². The number of sulfonamides is 1. The van der Waals surface area contributed by atoms with E-state index in [1.165, 1.54) is 19.2 Å². The van der Waals surface area contributed by atoms with Crippen LogP contribution in [0.5, 0.6) is 0 Å². The topological polar surface area (TPSA) is 119 Å². The second-order valence-electron chi connectivity index (χ2n) is 5.21. The predicted molar refractivity (Wildman–Crippen MR) is 92.2 cm³/mol. The van der Waals surface area contributed by atoms with Gasteiger partial charge in [0.1, 0.15) is 0 Å². The summed E-state index contributed by atoms with van der Waals surface area (Å²) < 4.78 is 36.3. The molecule has 9 nitrogen and oxygen atoms in total. The summed E-state index contributed by atoms with van der Waals surface area (Å²) in [6.45, 7) is 1.38. The molecule has 0 aliphatic heterocycles. The van der Waals surface area contributed by atoms with E-state index < -0.39 is 39.3 Å². The number of methoxy groups -OCH3 is 2. The number of nitrogens with zero attached hydrogens (tertiary/aromatic N) is 1. The van der Waals surface area contributed by atoms with Crippen LogP contribution >= 0.6 is 0 Å². The maximum Gasteiger partial charge on any atom is 0.339 e. The molecule has 1 amide bonds. The molecule has 0 unspecified atom stereocenters. The number of benzene rings is 1. The van der Waals surface area contributed by atoms with Crippen molar-refractivity contribution in [2.75, 3.05) is 34.4 Å². The van der Waals surface area contributed by atoms with Gasteiger partial charge >= 0.3 is 11.9 Å². The molecule has 26 heavy (non-hydrogen) atoms. The van der Waals surface area contributed by atoms with Gasteiger partial charge in [-0.05, 0) is 24.6 Å². The van der Waals surface area contributed by atoms with Crippen LogP contribution in [-0.2, 0) is 24.3 Å². The number of nitrogens with one attached hydrogen (secondary N) is 1. The van der Waals surface area contributed by atoms with Crippen molar-refractivity contribution in [3.63, 3.8) is 0 Å². The average molecular weight is 386 g/mol. The third-order valence-corrected chi connectivity index (χ3v) is 5.38. The van der Waals surface area contributed by atoms with Crippen molar-refractivity contribution in [2.45, 2.75) is 18.2 Å². The van der Waals surface area contributed by atoms with E-state index >= 15 is 0 Å². The first kappa shape index (κ1) is 21.6. The van der Waals surface area contributed by atoms with Gasteiger partial charge < -0.3 is 14.8 Å². The van der Waals surface area contributed by atoms with Crippen molar-refractivity contribution in [1.29, 1.82) is 0 Å². The fraction of sp³-hybridized carbons (Fsp3) is 0.438. The molecular weight excluding hydrogens is 364 g/mol. The molecule has 0 bridgehead atoms. The Kier molecular flexibility index (Phi) is 7.72. The van der Waals surface area contributed by atoms with Crippen molar-refractivity contribution in [1.82, 2.24) is 9.62 Å². The lowest BCUT2D eigenvalue weighted by Crippen LogP contribution is -2.40. The largest absolute Gasteiger partial charge is 0.465 e. The number of likely N-dealkylation sites (N-methyl/N-ethyl adjacent to an activating group) is 1. The average Bonchev–Trinajstić information content (AvgIpc) is 2.65. The summed E-state index contributed by atoms with van der Waals surface area (Å²) >= 11 is 0. The maximum absolute atomic E-state index is 13.1. The van der Waals surface area contributed by atoms with E-state index in [0.29, 0.717) is 6.42 Å². The van der Waals surface area contributed by atoms with Gasteiger partial charge in [0.05, 0.1) is 36.8 Å². The van der Waals surface area contributed by atoms with Crippen LogP contribution in [0.4, 0.5) is 0 Å². The Morgan fingerprint density at radius 2 is 1.73 bits per heavy atom. The van der Waals surface area contributed by atoms with Crippen molar-refractivity contribution >= 4 is 27.9 Å². The Labute approximate surface area is 152 Å². The molecule has 1 aromatic rings. The lowest BCUT2D eigenvalue weighted by atomic mass is 10.1. The molecule has 1 aromatic carbocycles. The molecule has 0 fully saturated rings. The second-order valence-corrected chi connectivity index (χ2v) is 7.11. The molecule has 144 valence electrons. The van der Waals surface area contributed by atoms with E-state index in [0.717, 1.165) is 24.6 Å². The van der Waals surface area contributed by atoms with Gasteiger partial charge in [0.25, 0.3) is 0 Å². The Morgan fingerprint density at radius 3 is 2.23 bits per heavy atom. The van der Waals surface area contributed by atoms with Gasteiger partial charge in [-0.1, -0.05) is 6.92 Å². The number of rotatable bonds is 8. The Morgan fingerprint density at radius 1 is 1.12 bits per heavy atom. The van der Waals surface area contributed by atoms with E-state index in [1.807, 2.05) is 0 Å². The molecule has 0 saturated heterocycles. The fourth-order valence-electron chi connectivity index (χ4n) is 2.17. The summed E-state index contributed by atoms with van der Waals surface area (Å²) in [5, 5.41) is 2.35. The van der Waals surface area contributed by atoms with Crippen LogP contribution in [0.1, 0.15) is 34.1 Å². The molecule has 0 heterocycles. The van der Waals surface area contributed by atoms with Crippen molar-refractivity contribution in [2.24, 2.45) is 0 Å². The highest BCUT2D eigenvalue weighted by Crippen LogP contribution is 2.23. The van der Waals surface area contributed by atoms with Gasteiger partial charge in [-0.25, -0.2) is 18.0 Å². The van der Waals surface area contributed by atoms with Gasteiger partial charge in [0.15, 0.2) is 0 Å². The first-order chi connectivity index (χ1) is 12.2. The Bertz CT molecular complexity index is 790. The number of hydrogen-bond donors (Lipinski definition) is 1. The molecule has 0 spiro atoms. The van der Waals surface area contributed by atoms with E-state index in [-0.39, 0.29) is 17.7 Å². The van der Waals surface area contributed by atoms with Crippen LogP contribution in [0.25, 0.3) is 0 Å². The normalized spacial score (nSPS) is 11.1. The van der Waals surface area contributed by atoms with Crippen LogP contribution in [-0.4, -0.2) is 64.9 Å². The van der Waals surface area contributed by atoms with Crippen molar-refractivity contribution in [3.05, 3.63) is 29.3 Å². The number of carbonyl (C=O) groups excluding carboxylic acids is 3. The highest BCUT2D eigenvalue weighted by molar-refractivity contribution is 7.89. The highest BCUT2D eigenvalue weighted by atomic mass is 32.2. The SMILES string of the molecule is CCCN(CC(=O)NC)S(=O)(=O)c1cc(C(=O)OC)ccc1C(=O)OC. The zero-order valence-corrected chi connectivity index (χ0v) is 15.9. The number of amides is 1. The zero-order valence-electron chi connectivity index (χ0n) is 15.1. The molecule has 0 aliphatic carbocycles. The summed E-state index contributed by atoms with van der Waals surface area (Å²) in [5.74, 6) is -2.15. The number of carbonyl (C=O) groups is 3.